The van der Waals surface area contributed by atoms with Crippen molar-refractivity contribution in [1.29, 1.82) is 0 Å². The largest absolute Gasteiger partial charge is 0.508 e. The van der Waals surface area contributed by atoms with Gasteiger partial charge in [0.25, 0.3) is 0 Å². The third kappa shape index (κ3) is 3.22. The molecule has 0 aromatic heterocycles. The molecule has 1 aromatic rings. The van der Waals surface area contributed by atoms with Gasteiger partial charge in [0.2, 0.25) is 0 Å². The van der Waals surface area contributed by atoms with Gasteiger partial charge in [0.1, 0.15) is 5.75 Å². The zero-order valence-corrected chi connectivity index (χ0v) is 10.9. The second-order valence-corrected chi connectivity index (χ2v) is 5.65. The van der Waals surface area contributed by atoms with Crippen LogP contribution >= 0.6 is 0 Å². The van der Waals surface area contributed by atoms with E-state index in [4.69, 9.17) is 0 Å². The minimum Gasteiger partial charge on any atom is -0.508 e. The highest BCUT2D eigenvalue weighted by Gasteiger charge is 2.34. The number of nitrogens with one attached hydrogen (secondary N) is 1. The van der Waals surface area contributed by atoms with Crippen LogP contribution in [0.25, 0.3) is 0 Å². The Hall–Kier alpha value is -1.02. The Morgan fingerprint density at radius 3 is 3.00 bits per heavy atom. The maximum Gasteiger partial charge on any atom is 0.115 e. The monoisotopic (exact) mass is 233 g/mol. The molecule has 2 nitrogen and oxygen atoms in total. The molecule has 2 unspecified atom stereocenters. The molecule has 17 heavy (non-hydrogen) atoms. The minimum absolute atomic E-state index is 0.382. The minimum atomic E-state index is 0.382. The van der Waals surface area contributed by atoms with Gasteiger partial charge in [0.05, 0.1) is 0 Å². The third-order valence-corrected chi connectivity index (χ3v) is 3.87. The Kier molecular flexibility index (Phi) is 3.72. The Labute approximate surface area is 104 Å². The molecule has 0 saturated heterocycles. The summed E-state index contributed by atoms with van der Waals surface area (Å²) in [5, 5.41) is 13.0. The van der Waals surface area contributed by atoms with Gasteiger partial charge >= 0.3 is 0 Å². The van der Waals surface area contributed by atoms with Crippen molar-refractivity contribution >= 4 is 0 Å². The summed E-state index contributed by atoms with van der Waals surface area (Å²) >= 11 is 0. The molecule has 1 fully saturated rings. The van der Waals surface area contributed by atoms with E-state index >= 15 is 0 Å². The zero-order chi connectivity index (χ0) is 12.3. The van der Waals surface area contributed by atoms with Gasteiger partial charge in [0.15, 0.2) is 0 Å². The summed E-state index contributed by atoms with van der Waals surface area (Å²) in [4.78, 5) is 0. The van der Waals surface area contributed by atoms with Crippen molar-refractivity contribution in [3.8, 4) is 5.75 Å². The standard InChI is InChI=1S/C15H23NO/c1-3-16-13-7-8-15(2,11-13)10-12-5-4-6-14(17)9-12/h4-6,9,13,16-17H,3,7-8,10-11H2,1-2H3. The molecule has 1 saturated carbocycles. The van der Waals surface area contributed by atoms with E-state index in [0.29, 0.717) is 17.2 Å². The Morgan fingerprint density at radius 1 is 1.47 bits per heavy atom. The van der Waals surface area contributed by atoms with Gasteiger partial charge in [-0.25, -0.2) is 0 Å². The molecule has 0 heterocycles. The third-order valence-electron chi connectivity index (χ3n) is 3.87. The van der Waals surface area contributed by atoms with Crippen molar-refractivity contribution in [3.05, 3.63) is 29.8 Å². The quantitative estimate of drug-likeness (QED) is 0.837. The summed E-state index contributed by atoms with van der Waals surface area (Å²) in [7, 11) is 0. The Balaban J connectivity index is 1.99. The summed E-state index contributed by atoms with van der Waals surface area (Å²) in [5.74, 6) is 0.382. The first-order valence-electron chi connectivity index (χ1n) is 6.63. The van der Waals surface area contributed by atoms with Crippen LogP contribution in [0.4, 0.5) is 0 Å². The van der Waals surface area contributed by atoms with E-state index in [2.05, 4.69) is 25.2 Å². The highest BCUT2D eigenvalue weighted by molar-refractivity contribution is 5.28. The lowest BCUT2D eigenvalue weighted by atomic mass is 9.82. The average molecular weight is 233 g/mol. The normalized spacial score (nSPS) is 28.5. The number of aromatic hydroxyl groups is 1. The van der Waals surface area contributed by atoms with Crippen molar-refractivity contribution in [2.75, 3.05) is 6.54 Å². The second-order valence-electron chi connectivity index (χ2n) is 5.65. The van der Waals surface area contributed by atoms with Gasteiger partial charge in [-0.1, -0.05) is 26.0 Å². The molecular weight excluding hydrogens is 210 g/mol. The van der Waals surface area contributed by atoms with Crippen molar-refractivity contribution in [3.63, 3.8) is 0 Å². The van der Waals surface area contributed by atoms with E-state index in [1.54, 1.807) is 6.07 Å². The maximum absolute atomic E-state index is 9.49. The van der Waals surface area contributed by atoms with Gasteiger partial charge < -0.3 is 10.4 Å². The molecule has 0 radical (unpaired) electrons. The second kappa shape index (κ2) is 5.09. The topological polar surface area (TPSA) is 32.3 Å². The van der Waals surface area contributed by atoms with Gasteiger partial charge in [-0.15, -0.1) is 0 Å². The number of rotatable bonds is 4. The first-order valence-corrected chi connectivity index (χ1v) is 6.63. The molecule has 0 aliphatic heterocycles. The molecule has 0 spiro atoms. The van der Waals surface area contributed by atoms with Crippen LogP contribution in [0.3, 0.4) is 0 Å². The number of hydrogen-bond acceptors (Lipinski definition) is 2. The van der Waals surface area contributed by atoms with Crippen LogP contribution < -0.4 is 5.32 Å². The van der Waals surface area contributed by atoms with Crippen LogP contribution in [0.1, 0.15) is 38.7 Å². The first kappa shape index (κ1) is 12.4. The lowest BCUT2D eigenvalue weighted by Gasteiger charge is -2.24. The van der Waals surface area contributed by atoms with Crippen molar-refractivity contribution in [2.45, 2.75) is 45.6 Å². The van der Waals surface area contributed by atoms with Gasteiger partial charge in [-0.3, -0.25) is 0 Å². The van der Waals surface area contributed by atoms with E-state index in [-0.39, 0.29) is 0 Å². The lowest BCUT2D eigenvalue weighted by Crippen LogP contribution is -2.28. The van der Waals surface area contributed by atoms with E-state index in [0.717, 1.165) is 13.0 Å². The molecule has 2 N–H and O–H groups in total. The van der Waals surface area contributed by atoms with Crippen molar-refractivity contribution in [1.82, 2.24) is 5.32 Å². The van der Waals surface area contributed by atoms with Crippen LogP contribution in [-0.2, 0) is 6.42 Å². The van der Waals surface area contributed by atoms with Gasteiger partial charge in [-0.05, 0) is 55.3 Å². The molecule has 0 bridgehead atoms. The first-order chi connectivity index (χ1) is 8.11. The number of phenolic OH excluding ortho intramolecular Hbond substituents is 1. The molecule has 0 amide bonds. The predicted octanol–water partition coefficient (Wildman–Crippen LogP) is 3.10. The summed E-state index contributed by atoms with van der Waals surface area (Å²) < 4.78 is 0. The fourth-order valence-electron chi connectivity index (χ4n) is 3.10. The molecule has 2 atom stereocenters. The average Bonchev–Trinajstić information content (AvgIpc) is 2.60. The molecule has 1 aromatic carbocycles. The van der Waals surface area contributed by atoms with Crippen LogP contribution in [0, 0.1) is 5.41 Å². The number of hydrogen-bond donors (Lipinski definition) is 2. The fraction of sp³-hybridized carbons (Fsp3) is 0.600. The molecule has 2 rings (SSSR count). The predicted molar refractivity (Wildman–Crippen MR) is 71.2 cm³/mol. The molecule has 94 valence electrons. The van der Waals surface area contributed by atoms with Gasteiger partial charge in [-0.2, -0.15) is 0 Å². The fourth-order valence-corrected chi connectivity index (χ4v) is 3.10. The SMILES string of the molecule is CCNC1CCC(C)(Cc2cccc(O)c2)C1. The molecule has 1 aliphatic rings. The highest BCUT2D eigenvalue weighted by atomic mass is 16.3. The van der Waals surface area contributed by atoms with E-state index in [9.17, 15) is 5.11 Å². The summed E-state index contributed by atoms with van der Waals surface area (Å²) in [6, 6.07) is 8.37. The smallest absolute Gasteiger partial charge is 0.115 e. The molecule has 1 aliphatic carbocycles. The number of benzene rings is 1. The zero-order valence-electron chi connectivity index (χ0n) is 10.9. The number of phenols is 1. The van der Waals surface area contributed by atoms with Crippen molar-refractivity contribution in [2.24, 2.45) is 5.41 Å². The van der Waals surface area contributed by atoms with Crippen LogP contribution in [0.2, 0.25) is 0 Å². The van der Waals surface area contributed by atoms with E-state index in [1.165, 1.54) is 24.8 Å². The van der Waals surface area contributed by atoms with Crippen molar-refractivity contribution < 1.29 is 5.11 Å². The Morgan fingerprint density at radius 2 is 2.29 bits per heavy atom. The summed E-state index contributed by atoms with van der Waals surface area (Å²) in [6.07, 6.45) is 4.88. The van der Waals surface area contributed by atoms with Gasteiger partial charge in [0, 0.05) is 6.04 Å². The molecular formula is C15H23NO. The van der Waals surface area contributed by atoms with E-state index in [1.807, 2.05) is 12.1 Å². The highest BCUT2D eigenvalue weighted by Crippen LogP contribution is 2.40. The van der Waals surface area contributed by atoms with Crippen LogP contribution in [0.15, 0.2) is 24.3 Å². The lowest BCUT2D eigenvalue weighted by molar-refractivity contribution is 0.322. The molecule has 2 heteroatoms. The van der Waals surface area contributed by atoms with Crippen LogP contribution in [0.5, 0.6) is 5.75 Å². The van der Waals surface area contributed by atoms with Crippen LogP contribution in [-0.4, -0.2) is 17.7 Å². The Bertz CT molecular complexity index is 377. The van der Waals surface area contributed by atoms with E-state index < -0.39 is 0 Å². The summed E-state index contributed by atoms with van der Waals surface area (Å²) in [5.41, 5.74) is 1.64. The maximum atomic E-state index is 9.49. The summed E-state index contributed by atoms with van der Waals surface area (Å²) in [6.45, 7) is 5.60.